The maximum atomic E-state index is 11.2. The summed E-state index contributed by atoms with van der Waals surface area (Å²) in [4.78, 5) is 32.5. The number of benzene rings is 2. The van der Waals surface area contributed by atoms with Crippen LogP contribution in [0.3, 0.4) is 0 Å². The van der Waals surface area contributed by atoms with Crippen LogP contribution in [0.5, 0.6) is 0 Å². The van der Waals surface area contributed by atoms with E-state index in [1.807, 2.05) is 48.5 Å². The number of carbonyl (C=O) groups excluding carboxylic acids is 3. The van der Waals surface area contributed by atoms with Crippen LogP contribution in [0.25, 0.3) is 17.0 Å². The first-order chi connectivity index (χ1) is 13.2. The van der Waals surface area contributed by atoms with E-state index in [-0.39, 0.29) is 12.5 Å². The highest BCUT2D eigenvalue weighted by atomic mass is 16.5. The van der Waals surface area contributed by atoms with E-state index in [2.05, 4.69) is 10.8 Å². The van der Waals surface area contributed by atoms with Crippen molar-refractivity contribution in [3.05, 3.63) is 77.0 Å². The second-order valence-corrected chi connectivity index (χ2v) is 6.12. The van der Waals surface area contributed by atoms with Gasteiger partial charge in [-0.25, -0.2) is 0 Å². The van der Waals surface area contributed by atoms with Crippen molar-refractivity contribution >= 4 is 35.5 Å². The number of hydrogen-bond acceptors (Lipinski definition) is 4. The van der Waals surface area contributed by atoms with Crippen LogP contribution >= 0.6 is 0 Å². The highest BCUT2D eigenvalue weighted by molar-refractivity contribution is 5.90. The van der Waals surface area contributed by atoms with Gasteiger partial charge in [-0.1, -0.05) is 42.5 Å². The Kier molecular flexibility index (Phi) is 5.61. The minimum absolute atomic E-state index is 0.0537. The number of carbonyl (C=O) groups is 3. The van der Waals surface area contributed by atoms with Crippen molar-refractivity contribution in [3.8, 4) is 0 Å². The lowest BCUT2D eigenvalue weighted by molar-refractivity contribution is -0.141. The van der Waals surface area contributed by atoms with Crippen LogP contribution in [0, 0.1) is 0 Å². The van der Waals surface area contributed by atoms with Gasteiger partial charge in [0.25, 0.3) is 0 Å². The molecule has 1 aliphatic carbocycles. The first kappa shape index (κ1) is 18.3. The number of para-hydroxylation sites is 1. The number of allylic oxidation sites excluding steroid dienone is 1. The largest absolute Gasteiger partial charge is 0.468 e. The zero-order valence-electron chi connectivity index (χ0n) is 14.9. The third-order valence-electron chi connectivity index (χ3n) is 4.42. The first-order valence-electron chi connectivity index (χ1n) is 8.50. The summed E-state index contributed by atoms with van der Waals surface area (Å²) in [5.41, 5.74) is 4.66. The molecule has 5 nitrogen and oxygen atoms in total. The van der Waals surface area contributed by atoms with Gasteiger partial charge in [-0.05, 0) is 34.9 Å². The Morgan fingerprint density at radius 3 is 2.52 bits per heavy atom. The van der Waals surface area contributed by atoms with Gasteiger partial charge in [-0.2, -0.15) is 0 Å². The van der Waals surface area contributed by atoms with E-state index in [9.17, 15) is 14.4 Å². The number of esters is 1. The van der Waals surface area contributed by atoms with Crippen LogP contribution in [0.4, 0.5) is 0 Å². The molecule has 0 unspecified atom stereocenters. The Morgan fingerprint density at radius 1 is 1.07 bits per heavy atom. The first-order valence-corrected chi connectivity index (χ1v) is 8.50. The van der Waals surface area contributed by atoms with E-state index in [0.717, 1.165) is 35.5 Å². The second-order valence-electron chi connectivity index (χ2n) is 6.12. The molecule has 2 aromatic carbocycles. The van der Waals surface area contributed by atoms with Crippen molar-refractivity contribution in [2.75, 3.05) is 7.11 Å². The minimum Gasteiger partial charge on any atom is -0.468 e. The number of aldehydes is 2. The molecule has 1 aliphatic rings. The molecule has 1 aromatic heterocycles. The van der Waals surface area contributed by atoms with Crippen LogP contribution in [-0.4, -0.2) is 30.2 Å². The monoisotopic (exact) mass is 361 g/mol. The molecule has 3 aromatic rings. The Bertz CT molecular complexity index is 1030. The number of ether oxygens (including phenoxy) is 1. The van der Waals surface area contributed by atoms with Crippen LogP contribution in [0.15, 0.2) is 60.2 Å². The molecule has 0 atom stereocenters. The quantitative estimate of drug-likeness (QED) is 0.527. The average molecular weight is 361 g/mol. The lowest BCUT2D eigenvalue weighted by Crippen LogP contribution is -2.13. The SMILES string of the molecule is COC(=O)Cn1c(C=O)cc2ccccc21.O=CC1=Cc2ccccc2C1. The molecule has 0 aliphatic heterocycles. The number of aromatic nitrogens is 1. The van der Waals surface area contributed by atoms with Crippen molar-refractivity contribution in [3.63, 3.8) is 0 Å². The van der Waals surface area contributed by atoms with Crippen LogP contribution in [-0.2, 0) is 27.3 Å². The van der Waals surface area contributed by atoms with Gasteiger partial charge in [-0.15, -0.1) is 0 Å². The molecule has 0 bridgehead atoms. The van der Waals surface area contributed by atoms with Crippen molar-refractivity contribution in [2.24, 2.45) is 0 Å². The summed E-state index contributed by atoms with van der Waals surface area (Å²) in [5, 5.41) is 0.938. The number of methoxy groups -OCH3 is 1. The van der Waals surface area contributed by atoms with Gasteiger partial charge in [0.2, 0.25) is 0 Å². The molecule has 0 saturated heterocycles. The Labute approximate surface area is 156 Å². The molecule has 0 amide bonds. The van der Waals surface area contributed by atoms with Gasteiger partial charge in [0.15, 0.2) is 6.29 Å². The molecule has 5 heteroatoms. The molecule has 0 N–H and O–H groups in total. The van der Waals surface area contributed by atoms with Gasteiger partial charge in [-0.3, -0.25) is 14.4 Å². The van der Waals surface area contributed by atoms with E-state index >= 15 is 0 Å². The fraction of sp³-hybridized carbons (Fsp3) is 0.136. The molecule has 1 heterocycles. The molecule has 4 rings (SSSR count). The minimum atomic E-state index is -0.371. The number of nitrogens with zero attached hydrogens (tertiary/aromatic N) is 1. The summed E-state index contributed by atoms with van der Waals surface area (Å²) < 4.78 is 6.24. The Balaban J connectivity index is 0.000000166. The van der Waals surface area contributed by atoms with Crippen LogP contribution in [0.1, 0.15) is 21.6 Å². The van der Waals surface area contributed by atoms with Crippen molar-refractivity contribution in [2.45, 2.75) is 13.0 Å². The van der Waals surface area contributed by atoms with E-state index in [0.29, 0.717) is 5.69 Å². The standard InChI is InChI=1S/C12H11NO3.C10H8O/c1-16-12(15)7-13-10(8-14)6-9-4-2-3-5-11(9)13;11-7-8-5-9-3-1-2-4-10(9)6-8/h2-6,8H,7H2,1H3;1-5,7H,6H2. The zero-order valence-corrected chi connectivity index (χ0v) is 14.9. The summed E-state index contributed by atoms with van der Waals surface area (Å²) in [6.45, 7) is 0.0537. The van der Waals surface area contributed by atoms with Gasteiger partial charge >= 0.3 is 5.97 Å². The lowest BCUT2D eigenvalue weighted by Gasteiger charge is -2.05. The summed E-state index contributed by atoms with van der Waals surface area (Å²) in [5.74, 6) is -0.371. The summed E-state index contributed by atoms with van der Waals surface area (Å²) in [7, 11) is 1.33. The highest BCUT2D eigenvalue weighted by Gasteiger charge is 2.11. The molecular formula is C22H19NO4. The predicted molar refractivity (Wildman–Crippen MR) is 104 cm³/mol. The Morgan fingerprint density at radius 2 is 1.81 bits per heavy atom. The zero-order chi connectivity index (χ0) is 19.2. The molecule has 0 saturated carbocycles. The average Bonchev–Trinajstić information content (AvgIpc) is 3.29. The number of fused-ring (bicyclic) bond motifs is 2. The van der Waals surface area contributed by atoms with Crippen molar-refractivity contribution in [1.29, 1.82) is 0 Å². The number of rotatable bonds is 4. The van der Waals surface area contributed by atoms with Crippen molar-refractivity contribution < 1.29 is 19.1 Å². The third kappa shape index (κ3) is 4.03. The predicted octanol–water partition coefficient (Wildman–Crippen LogP) is 3.45. The normalized spacial score (nSPS) is 11.8. The van der Waals surface area contributed by atoms with Gasteiger partial charge < -0.3 is 9.30 Å². The molecule has 0 spiro atoms. The maximum Gasteiger partial charge on any atom is 0.325 e. The molecular weight excluding hydrogens is 342 g/mol. The van der Waals surface area contributed by atoms with E-state index in [4.69, 9.17) is 0 Å². The Hall–Kier alpha value is -3.47. The van der Waals surface area contributed by atoms with Gasteiger partial charge in [0.1, 0.15) is 12.8 Å². The van der Waals surface area contributed by atoms with Crippen LogP contribution < -0.4 is 0 Å². The third-order valence-corrected chi connectivity index (χ3v) is 4.42. The molecule has 27 heavy (non-hydrogen) atoms. The fourth-order valence-corrected chi connectivity index (χ4v) is 3.08. The lowest BCUT2D eigenvalue weighted by atomic mass is 10.1. The van der Waals surface area contributed by atoms with Gasteiger partial charge in [0.05, 0.1) is 12.8 Å². The fourth-order valence-electron chi connectivity index (χ4n) is 3.08. The summed E-state index contributed by atoms with van der Waals surface area (Å²) >= 11 is 0. The highest BCUT2D eigenvalue weighted by Crippen LogP contribution is 2.22. The number of hydrogen-bond donors (Lipinski definition) is 0. The van der Waals surface area contributed by atoms with Crippen LogP contribution in [0.2, 0.25) is 0 Å². The van der Waals surface area contributed by atoms with Gasteiger partial charge in [0, 0.05) is 17.3 Å². The van der Waals surface area contributed by atoms with E-state index in [1.165, 1.54) is 18.2 Å². The maximum absolute atomic E-state index is 11.2. The van der Waals surface area contributed by atoms with E-state index in [1.54, 1.807) is 10.6 Å². The van der Waals surface area contributed by atoms with Crippen molar-refractivity contribution in [1.82, 2.24) is 4.57 Å². The molecule has 0 radical (unpaired) electrons. The van der Waals surface area contributed by atoms with E-state index < -0.39 is 0 Å². The second kappa shape index (κ2) is 8.27. The smallest absolute Gasteiger partial charge is 0.325 e. The molecule has 0 fully saturated rings. The summed E-state index contributed by atoms with van der Waals surface area (Å²) in [6, 6.07) is 17.4. The molecule has 136 valence electrons. The summed E-state index contributed by atoms with van der Waals surface area (Å²) in [6.07, 6.45) is 4.42. The topological polar surface area (TPSA) is 65.4 Å².